The first-order valence-electron chi connectivity index (χ1n) is 7.92. The van der Waals surface area contributed by atoms with Crippen molar-refractivity contribution in [1.82, 2.24) is 9.78 Å². The SMILES string of the molecule is Cc1nn(-c2ccccc2)c(C)c1NS(=O)(=O)c1ccccc1C(F)(F)F. The lowest BCUT2D eigenvalue weighted by molar-refractivity contribution is -0.139. The van der Waals surface area contributed by atoms with E-state index in [0.29, 0.717) is 17.1 Å². The van der Waals surface area contributed by atoms with Gasteiger partial charge < -0.3 is 0 Å². The summed E-state index contributed by atoms with van der Waals surface area (Å²) in [7, 11) is -4.46. The second-order valence-electron chi connectivity index (χ2n) is 5.89. The largest absolute Gasteiger partial charge is 0.417 e. The highest BCUT2D eigenvalue weighted by Gasteiger charge is 2.37. The van der Waals surface area contributed by atoms with E-state index in [0.717, 1.165) is 18.2 Å². The fourth-order valence-electron chi connectivity index (χ4n) is 2.74. The van der Waals surface area contributed by atoms with Crippen molar-refractivity contribution >= 4 is 15.7 Å². The van der Waals surface area contributed by atoms with Gasteiger partial charge in [0, 0.05) is 0 Å². The monoisotopic (exact) mass is 395 g/mol. The minimum atomic E-state index is -4.79. The molecule has 5 nitrogen and oxygen atoms in total. The van der Waals surface area contributed by atoms with E-state index in [2.05, 4.69) is 9.82 Å². The van der Waals surface area contributed by atoms with Crippen LogP contribution in [0.1, 0.15) is 17.0 Å². The molecule has 0 unspecified atom stereocenters. The molecule has 1 aromatic heterocycles. The van der Waals surface area contributed by atoms with E-state index in [4.69, 9.17) is 0 Å². The first kappa shape index (κ1) is 19.0. The highest BCUT2D eigenvalue weighted by atomic mass is 32.2. The maximum absolute atomic E-state index is 13.2. The number of anilines is 1. The van der Waals surface area contributed by atoms with E-state index in [1.165, 1.54) is 10.7 Å². The molecule has 0 amide bonds. The Morgan fingerprint density at radius 1 is 0.963 bits per heavy atom. The van der Waals surface area contributed by atoms with Gasteiger partial charge in [0.2, 0.25) is 0 Å². The molecule has 0 bridgehead atoms. The topological polar surface area (TPSA) is 64.0 Å². The third kappa shape index (κ3) is 3.68. The number of aromatic nitrogens is 2. The summed E-state index contributed by atoms with van der Waals surface area (Å²) in [4.78, 5) is -0.830. The maximum atomic E-state index is 13.2. The molecule has 0 aliphatic heterocycles. The fraction of sp³-hybridized carbons (Fsp3) is 0.167. The molecule has 3 aromatic rings. The Morgan fingerprint density at radius 2 is 1.56 bits per heavy atom. The Balaban J connectivity index is 2.05. The number of hydrogen-bond donors (Lipinski definition) is 1. The third-order valence-corrected chi connectivity index (χ3v) is 5.42. The molecule has 0 aliphatic carbocycles. The summed E-state index contributed by atoms with van der Waals surface area (Å²) in [5.41, 5.74) is 0.453. The number of nitrogens with zero attached hydrogens (tertiary/aromatic N) is 2. The second-order valence-corrected chi connectivity index (χ2v) is 7.54. The van der Waals surface area contributed by atoms with Crippen LogP contribution in [0.4, 0.5) is 18.9 Å². The smallest absolute Gasteiger partial charge is 0.276 e. The van der Waals surface area contributed by atoms with Gasteiger partial charge >= 0.3 is 6.18 Å². The van der Waals surface area contributed by atoms with Gasteiger partial charge in [-0.3, -0.25) is 4.72 Å². The van der Waals surface area contributed by atoms with Crippen molar-refractivity contribution in [3.8, 4) is 5.69 Å². The number of nitrogens with one attached hydrogen (secondary N) is 1. The summed E-state index contributed by atoms with van der Waals surface area (Å²) >= 11 is 0. The van der Waals surface area contributed by atoms with Gasteiger partial charge in [-0.25, -0.2) is 13.1 Å². The van der Waals surface area contributed by atoms with Crippen molar-refractivity contribution in [2.45, 2.75) is 24.9 Å². The number of sulfonamides is 1. The molecule has 0 spiro atoms. The normalized spacial score (nSPS) is 12.2. The van der Waals surface area contributed by atoms with Crippen molar-refractivity contribution in [2.75, 3.05) is 4.72 Å². The van der Waals surface area contributed by atoms with Crippen molar-refractivity contribution < 1.29 is 21.6 Å². The van der Waals surface area contributed by atoms with Crippen LogP contribution in [0.15, 0.2) is 59.5 Å². The van der Waals surface area contributed by atoms with Gasteiger partial charge in [0.15, 0.2) is 0 Å². The van der Waals surface area contributed by atoms with Gasteiger partial charge in [0.25, 0.3) is 10.0 Å². The second kappa shape index (κ2) is 6.73. The molecule has 27 heavy (non-hydrogen) atoms. The summed E-state index contributed by atoms with van der Waals surface area (Å²) in [6.07, 6.45) is -4.79. The van der Waals surface area contributed by atoms with E-state index in [-0.39, 0.29) is 5.69 Å². The molecule has 0 radical (unpaired) electrons. The maximum Gasteiger partial charge on any atom is 0.417 e. The lowest BCUT2D eigenvalue weighted by atomic mass is 10.2. The zero-order valence-corrected chi connectivity index (χ0v) is 15.3. The van der Waals surface area contributed by atoms with E-state index in [1.807, 2.05) is 6.07 Å². The van der Waals surface area contributed by atoms with Gasteiger partial charge in [-0.15, -0.1) is 0 Å². The van der Waals surface area contributed by atoms with Gasteiger partial charge in [0.1, 0.15) is 0 Å². The van der Waals surface area contributed by atoms with E-state index >= 15 is 0 Å². The number of rotatable bonds is 4. The van der Waals surface area contributed by atoms with Crippen molar-refractivity contribution in [1.29, 1.82) is 0 Å². The Hall–Kier alpha value is -2.81. The van der Waals surface area contributed by atoms with Gasteiger partial charge in [-0.1, -0.05) is 30.3 Å². The van der Waals surface area contributed by atoms with Crippen LogP contribution in [0.25, 0.3) is 5.69 Å². The van der Waals surface area contributed by atoms with Crippen LogP contribution in [0, 0.1) is 13.8 Å². The third-order valence-electron chi connectivity index (χ3n) is 4.01. The molecule has 142 valence electrons. The highest BCUT2D eigenvalue weighted by Crippen LogP contribution is 2.35. The van der Waals surface area contributed by atoms with Gasteiger partial charge in [-0.2, -0.15) is 18.3 Å². The molecule has 2 aromatic carbocycles. The van der Waals surface area contributed by atoms with Gasteiger partial charge in [-0.05, 0) is 38.1 Å². The van der Waals surface area contributed by atoms with Crippen LogP contribution in [0.2, 0.25) is 0 Å². The number of para-hydroxylation sites is 1. The fourth-order valence-corrected chi connectivity index (χ4v) is 4.14. The van der Waals surface area contributed by atoms with Crippen LogP contribution in [0.3, 0.4) is 0 Å². The summed E-state index contributed by atoms with van der Waals surface area (Å²) in [5.74, 6) is 0. The molecule has 3 rings (SSSR count). The molecular formula is C18H16F3N3O2S. The van der Waals surface area contributed by atoms with Crippen LogP contribution >= 0.6 is 0 Å². The van der Waals surface area contributed by atoms with Crippen LogP contribution in [-0.4, -0.2) is 18.2 Å². The molecule has 1 heterocycles. The van der Waals surface area contributed by atoms with Crippen molar-refractivity contribution in [2.24, 2.45) is 0 Å². The van der Waals surface area contributed by atoms with Crippen molar-refractivity contribution in [3.63, 3.8) is 0 Å². The predicted octanol–water partition coefficient (Wildman–Crippen LogP) is 4.31. The summed E-state index contributed by atoms with van der Waals surface area (Å²) < 4.78 is 68.7. The number of benzene rings is 2. The molecule has 1 N–H and O–H groups in total. The Labute approximate surface area is 154 Å². The predicted molar refractivity (Wildman–Crippen MR) is 95.3 cm³/mol. The average molecular weight is 395 g/mol. The van der Waals surface area contributed by atoms with Crippen LogP contribution in [0.5, 0.6) is 0 Å². The number of halogens is 3. The number of hydrogen-bond acceptors (Lipinski definition) is 3. The quantitative estimate of drug-likeness (QED) is 0.716. The van der Waals surface area contributed by atoms with Crippen molar-refractivity contribution in [3.05, 3.63) is 71.5 Å². The molecule has 0 fully saturated rings. The Bertz CT molecular complexity index is 1070. The van der Waals surface area contributed by atoms with Crippen LogP contribution < -0.4 is 4.72 Å². The lowest BCUT2D eigenvalue weighted by Crippen LogP contribution is -2.19. The minimum Gasteiger partial charge on any atom is -0.276 e. The Kier molecular flexibility index (Phi) is 4.73. The number of aryl methyl sites for hydroxylation is 1. The first-order valence-corrected chi connectivity index (χ1v) is 9.40. The lowest BCUT2D eigenvalue weighted by Gasteiger charge is -2.14. The van der Waals surface area contributed by atoms with E-state index < -0.39 is 26.7 Å². The Morgan fingerprint density at radius 3 is 2.19 bits per heavy atom. The van der Waals surface area contributed by atoms with Gasteiger partial charge in [0.05, 0.1) is 33.2 Å². The molecule has 0 saturated heterocycles. The van der Waals surface area contributed by atoms with E-state index in [9.17, 15) is 21.6 Å². The highest BCUT2D eigenvalue weighted by molar-refractivity contribution is 7.92. The standard InChI is InChI=1S/C18H16F3N3O2S/c1-12-17(13(2)24(22-12)14-8-4-3-5-9-14)23-27(25,26)16-11-7-6-10-15(16)18(19,20)21/h3-11,23H,1-2H3. The molecule has 0 atom stereocenters. The minimum absolute atomic E-state index is 0.149. The molecule has 0 aliphatic rings. The zero-order valence-electron chi connectivity index (χ0n) is 14.4. The molecule has 9 heteroatoms. The molecule has 0 saturated carbocycles. The van der Waals surface area contributed by atoms with Crippen LogP contribution in [-0.2, 0) is 16.2 Å². The van der Waals surface area contributed by atoms with E-state index in [1.54, 1.807) is 38.1 Å². The average Bonchev–Trinajstić information content (AvgIpc) is 2.90. The summed E-state index contributed by atoms with van der Waals surface area (Å²) in [6, 6.07) is 13.1. The number of alkyl halides is 3. The summed E-state index contributed by atoms with van der Waals surface area (Å²) in [6.45, 7) is 3.22. The summed E-state index contributed by atoms with van der Waals surface area (Å²) in [5, 5.41) is 4.30. The first-order chi connectivity index (χ1) is 12.6. The zero-order chi connectivity index (χ0) is 19.8. The molecular weight excluding hydrogens is 379 g/mol.